The molecular formula is C10H19N3. The van der Waals surface area contributed by atoms with Crippen molar-refractivity contribution in [2.24, 2.45) is 23.6 Å². The molecule has 4 N–H and O–H groups in total. The lowest BCUT2D eigenvalue weighted by molar-refractivity contribution is -0.0268. The van der Waals surface area contributed by atoms with Crippen molar-refractivity contribution >= 4 is 0 Å². The molecule has 0 amide bonds. The van der Waals surface area contributed by atoms with Gasteiger partial charge < -0.3 is 0 Å². The summed E-state index contributed by atoms with van der Waals surface area (Å²) < 4.78 is 0. The van der Waals surface area contributed by atoms with E-state index in [1.165, 1.54) is 38.5 Å². The molecule has 13 heavy (non-hydrogen) atoms. The van der Waals surface area contributed by atoms with E-state index in [4.69, 9.17) is 5.84 Å². The highest BCUT2D eigenvalue weighted by Gasteiger charge is 2.50. The lowest BCUT2D eigenvalue weighted by Gasteiger charge is -2.56. The van der Waals surface area contributed by atoms with Gasteiger partial charge in [0.05, 0.1) is 0 Å². The first-order valence-corrected chi connectivity index (χ1v) is 5.52. The molecule has 4 aliphatic rings. The van der Waals surface area contributed by atoms with Gasteiger partial charge in [-0.25, -0.2) is 5.43 Å². The molecule has 0 unspecified atom stereocenters. The molecule has 4 fully saturated rings. The Kier molecular flexibility index (Phi) is 1.70. The van der Waals surface area contributed by atoms with Crippen LogP contribution in [-0.2, 0) is 0 Å². The van der Waals surface area contributed by atoms with Crippen LogP contribution in [0.2, 0.25) is 0 Å². The fourth-order valence-corrected chi connectivity index (χ4v) is 4.42. The van der Waals surface area contributed by atoms with Gasteiger partial charge in [0.2, 0.25) is 0 Å². The summed E-state index contributed by atoms with van der Waals surface area (Å²) in [7, 11) is 0. The Bertz CT molecular complexity index is 179. The van der Waals surface area contributed by atoms with E-state index in [9.17, 15) is 0 Å². The van der Waals surface area contributed by atoms with Crippen LogP contribution < -0.4 is 16.8 Å². The van der Waals surface area contributed by atoms with Gasteiger partial charge >= 0.3 is 0 Å². The molecule has 74 valence electrons. The molecule has 0 atom stereocenters. The number of nitrogens with one attached hydrogen (secondary N) is 2. The van der Waals surface area contributed by atoms with Gasteiger partial charge in [-0.3, -0.25) is 5.84 Å². The van der Waals surface area contributed by atoms with Crippen LogP contribution in [0.15, 0.2) is 0 Å². The van der Waals surface area contributed by atoms with Crippen LogP contribution in [0, 0.1) is 17.8 Å². The van der Waals surface area contributed by atoms with Crippen molar-refractivity contribution in [2.75, 3.05) is 0 Å². The normalized spacial score (nSPS) is 52.8. The summed E-state index contributed by atoms with van der Waals surface area (Å²) in [6, 6.07) is 0. The molecule has 0 radical (unpaired) electrons. The second-order valence-electron chi connectivity index (χ2n) is 5.47. The van der Waals surface area contributed by atoms with E-state index in [1.807, 2.05) is 0 Å². The molecule has 0 aromatic carbocycles. The summed E-state index contributed by atoms with van der Waals surface area (Å²) >= 11 is 0. The molecule has 0 aromatic rings. The average Bonchev–Trinajstić information content (AvgIpc) is 2.00. The molecule has 4 aliphatic carbocycles. The second-order valence-corrected chi connectivity index (χ2v) is 5.47. The van der Waals surface area contributed by atoms with E-state index in [-0.39, 0.29) is 0 Å². The number of hydrogen-bond donors (Lipinski definition) is 3. The van der Waals surface area contributed by atoms with Crippen LogP contribution in [0.1, 0.15) is 38.5 Å². The first kappa shape index (κ1) is 8.21. The zero-order valence-corrected chi connectivity index (χ0v) is 8.05. The molecule has 0 aliphatic heterocycles. The first-order chi connectivity index (χ1) is 6.30. The highest BCUT2D eigenvalue weighted by atomic mass is 15.5. The molecule has 3 nitrogen and oxygen atoms in total. The molecule has 0 heterocycles. The smallest absolute Gasteiger partial charge is 0.0344 e. The van der Waals surface area contributed by atoms with Crippen molar-refractivity contribution in [1.29, 1.82) is 0 Å². The quantitative estimate of drug-likeness (QED) is 0.438. The molecule has 4 bridgehead atoms. The van der Waals surface area contributed by atoms with Gasteiger partial charge in [0, 0.05) is 5.54 Å². The van der Waals surface area contributed by atoms with Crippen LogP contribution in [0.3, 0.4) is 0 Å². The van der Waals surface area contributed by atoms with Gasteiger partial charge in [-0.1, -0.05) is 0 Å². The molecule has 4 saturated carbocycles. The van der Waals surface area contributed by atoms with E-state index in [0.29, 0.717) is 5.54 Å². The lowest BCUT2D eigenvalue weighted by atomic mass is 9.53. The molecule has 3 heteroatoms. The highest BCUT2D eigenvalue weighted by Crippen LogP contribution is 2.55. The average molecular weight is 181 g/mol. The van der Waals surface area contributed by atoms with Crippen molar-refractivity contribution in [3.05, 3.63) is 0 Å². The summed E-state index contributed by atoms with van der Waals surface area (Å²) in [5.74, 6) is 8.37. The topological polar surface area (TPSA) is 50.1 Å². The van der Waals surface area contributed by atoms with Gasteiger partial charge in [0.1, 0.15) is 0 Å². The highest BCUT2D eigenvalue weighted by molar-refractivity contribution is 5.05. The maximum absolute atomic E-state index is 5.39. The summed E-state index contributed by atoms with van der Waals surface area (Å²) in [6.45, 7) is 0. The van der Waals surface area contributed by atoms with Crippen molar-refractivity contribution in [3.8, 4) is 0 Å². The lowest BCUT2D eigenvalue weighted by Crippen LogP contribution is -2.63. The Balaban J connectivity index is 1.83. The van der Waals surface area contributed by atoms with Gasteiger partial charge in [-0.2, -0.15) is 5.53 Å². The van der Waals surface area contributed by atoms with Gasteiger partial charge in [0.25, 0.3) is 0 Å². The van der Waals surface area contributed by atoms with Crippen LogP contribution in [0.5, 0.6) is 0 Å². The molecule has 0 spiro atoms. The van der Waals surface area contributed by atoms with E-state index < -0.39 is 0 Å². The zero-order valence-electron chi connectivity index (χ0n) is 8.05. The van der Waals surface area contributed by atoms with Crippen LogP contribution >= 0.6 is 0 Å². The Morgan fingerprint density at radius 1 is 0.923 bits per heavy atom. The first-order valence-electron chi connectivity index (χ1n) is 5.52. The summed E-state index contributed by atoms with van der Waals surface area (Å²) in [5.41, 5.74) is 6.36. The van der Waals surface area contributed by atoms with Crippen molar-refractivity contribution in [3.63, 3.8) is 0 Å². The van der Waals surface area contributed by atoms with E-state index in [1.54, 1.807) is 0 Å². The molecule has 4 rings (SSSR count). The standard InChI is InChI=1S/C10H19N3/c11-13-12-10-4-7-1-8(5-10)3-9(2-7)6-10/h7-9,12-13H,1-6,11H2. The molecular weight excluding hydrogens is 162 g/mol. The largest absolute Gasteiger partial charge is 0.258 e. The SMILES string of the molecule is NNNC12CC3CC(CC(C3)C1)C2. The third-order valence-corrected chi connectivity index (χ3v) is 4.38. The minimum absolute atomic E-state index is 0.365. The third kappa shape index (κ3) is 1.22. The number of hydrazine groups is 2. The van der Waals surface area contributed by atoms with E-state index >= 15 is 0 Å². The molecule has 0 saturated heterocycles. The van der Waals surface area contributed by atoms with Crippen LogP contribution in [0.25, 0.3) is 0 Å². The maximum atomic E-state index is 5.39. The van der Waals surface area contributed by atoms with E-state index in [0.717, 1.165) is 17.8 Å². The Hall–Kier alpha value is -0.120. The minimum atomic E-state index is 0.365. The van der Waals surface area contributed by atoms with Crippen LogP contribution in [0.4, 0.5) is 0 Å². The van der Waals surface area contributed by atoms with Gasteiger partial charge in [-0.15, -0.1) is 0 Å². The molecule has 0 aromatic heterocycles. The van der Waals surface area contributed by atoms with Crippen molar-refractivity contribution in [2.45, 2.75) is 44.1 Å². The maximum Gasteiger partial charge on any atom is 0.0344 e. The predicted molar refractivity (Wildman–Crippen MR) is 51.4 cm³/mol. The van der Waals surface area contributed by atoms with Crippen LogP contribution in [-0.4, -0.2) is 5.54 Å². The summed E-state index contributed by atoms with van der Waals surface area (Å²) in [4.78, 5) is 0. The van der Waals surface area contributed by atoms with Gasteiger partial charge in [0.15, 0.2) is 0 Å². The number of hydrogen-bond acceptors (Lipinski definition) is 3. The van der Waals surface area contributed by atoms with E-state index in [2.05, 4.69) is 11.0 Å². The van der Waals surface area contributed by atoms with Gasteiger partial charge in [-0.05, 0) is 56.3 Å². The van der Waals surface area contributed by atoms with Crippen molar-refractivity contribution in [1.82, 2.24) is 11.0 Å². The second kappa shape index (κ2) is 2.69. The minimum Gasteiger partial charge on any atom is -0.258 e. The summed E-state index contributed by atoms with van der Waals surface area (Å²) in [6.07, 6.45) is 8.53. The fraction of sp³-hybridized carbons (Fsp3) is 1.00. The summed E-state index contributed by atoms with van der Waals surface area (Å²) in [5, 5.41) is 0. The third-order valence-electron chi connectivity index (χ3n) is 4.38. The fourth-order valence-electron chi connectivity index (χ4n) is 4.42. The monoisotopic (exact) mass is 181 g/mol. The number of rotatable bonds is 2. The Morgan fingerprint density at radius 3 is 1.77 bits per heavy atom. The Morgan fingerprint density at radius 2 is 1.38 bits per heavy atom. The predicted octanol–water partition coefficient (Wildman–Crippen LogP) is 0.923. The Labute approximate surface area is 79.4 Å². The zero-order chi connectivity index (χ0) is 8.89. The van der Waals surface area contributed by atoms with Crippen molar-refractivity contribution < 1.29 is 0 Å². The number of nitrogens with two attached hydrogens (primary N) is 1.